The average molecular weight is 382 g/mol. The largest absolute Gasteiger partial charge is 0.394 e. The van der Waals surface area contributed by atoms with Crippen LogP contribution in [0.5, 0.6) is 0 Å². The average Bonchev–Trinajstić information content (AvgIpc) is 3.43. The van der Waals surface area contributed by atoms with E-state index in [0.29, 0.717) is 6.42 Å². The minimum Gasteiger partial charge on any atom is -0.394 e. The molecule has 1 aliphatic rings. The molecule has 1 amide bonds. The fraction of sp³-hybridized carbons (Fsp3) is 0.870. The molecule has 0 bridgehead atoms. The fourth-order valence-electron chi connectivity index (χ4n) is 3.72. The van der Waals surface area contributed by atoms with Crippen LogP contribution in [0.15, 0.2) is 11.1 Å². The lowest BCUT2D eigenvalue weighted by Gasteiger charge is -2.20. The molecule has 1 aliphatic carbocycles. The second kappa shape index (κ2) is 15.1. The Hall–Kier alpha value is -0.870. The zero-order valence-corrected chi connectivity index (χ0v) is 17.8. The van der Waals surface area contributed by atoms with Crippen molar-refractivity contribution in [1.82, 2.24) is 5.32 Å². The van der Waals surface area contributed by atoms with Crippen LogP contribution in [0.1, 0.15) is 110 Å². The van der Waals surface area contributed by atoms with E-state index < -0.39 is 12.1 Å². The Morgan fingerprint density at radius 3 is 2.00 bits per heavy atom. The Kier molecular flexibility index (Phi) is 13.5. The van der Waals surface area contributed by atoms with Crippen molar-refractivity contribution in [1.29, 1.82) is 0 Å². The number of hydrogen-bond donors (Lipinski definition) is 3. The predicted molar refractivity (Wildman–Crippen MR) is 113 cm³/mol. The molecular formula is C23H43NO3. The first kappa shape index (κ1) is 24.2. The molecule has 0 aliphatic heterocycles. The van der Waals surface area contributed by atoms with Gasteiger partial charge in [0.2, 0.25) is 5.91 Å². The van der Waals surface area contributed by atoms with Crippen LogP contribution in [0.25, 0.3) is 0 Å². The van der Waals surface area contributed by atoms with Crippen LogP contribution in [0, 0.1) is 0 Å². The zero-order valence-electron chi connectivity index (χ0n) is 17.8. The summed E-state index contributed by atoms with van der Waals surface area (Å²) in [5.41, 5.74) is 2.37. The number of carbonyl (C=O) groups excluding carboxylic acids is 1. The molecule has 27 heavy (non-hydrogen) atoms. The number of hydrogen-bond acceptors (Lipinski definition) is 3. The van der Waals surface area contributed by atoms with Crippen LogP contribution in [0.3, 0.4) is 0 Å². The number of carbonyl (C=O) groups is 1. The van der Waals surface area contributed by atoms with Crippen LogP contribution in [0.2, 0.25) is 0 Å². The van der Waals surface area contributed by atoms with Crippen LogP contribution < -0.4 is 5.32 Å². The van der Waals surface area contributed by atoms with Gasteiger partial charge < -0.3 is 15.5 Å². The molecule has 0 aromatic carbocycles. The predicted octanol–water partition coefficient (Wildman–Crippen LogP) is 5.03. The second-order valence-electron chi connectivity index (χ2n) is 8.14. The first-order valence-corrected chi connectivity index (χ1v) is 11.4. The van der Waals surface area contributed by atoms with Gasteiger partial charge in [-0.05, 0) is 31.3 Å². The number of amides is 1. The van der Waals surface area contributed by atoms with Crippen molar-refractivity contribution >= 4 is 5.91 Å². The smallest absolute Gasteiger partial charge is 0.220 e. The Bertz CT molecular complexity index is 433. The lowest BCUT2D eigenvalue weighted by molar-refractivity contribution is -0.122. The number of rotatable bonds is 18. The third-order valence-electron chi connectivity index (χ3n) is 5.57. The number of aliphatic hydroxyl groups is 2. The van der Waals surface area contributed by atoms with E-state index >= 15 is 0 Å². The maximum atomic E-state index is 11.7. The molecule has 158 valence electrons. The van der Waals surface area contributed by atoms with Gasteiger partial charge in [0.25, 0.3) is 0 Å². The SMILES string of the molecule is CCCCCCCCCCCCCC1=C([C@@H](O)[C@H](CO)NC(=O)CCC)C1. The monoisotopic (exact) mass is 381 g/mol. The van der Waals surface area contributed by atoms with Crippen molar-refractivity contribution in [3.05, 3.63) is 11.1 Å². The summed E-state index contributed by atoms with van der Waals surface area (Å²) >= 11 is 0. The third-order valence-corrected chi connectivity index (χ3v) is 5.57. The summed E-state index contributed by atoms with van der Waals surface area (Å²) in [5.74, 6) is -0.0937. The Morgan fingerprint density at radius 1 is 0.926 bits per heavy atom. The van der Waals surface area contributed by atoms with E-state index in [9.17, 15) is 15.0 Å². The van der Waals surface area contributed by atoms with Crippen molar-refractivity contribution in [3.63, 3.8) is 0 Å². The molecule has 0 saturated heterocycles. The summed E-state index contributed by atoms with van der Waals surface area (Å²) in [4.78, 5) is 11.7. The molecule has 0 unspecified atom stereocenters. The van der Waals surface area contributed by atoms with E-state index in [-0.39, 0.29) is 12.5 Å². The van der Waals surface area contributed by atoms with E-state index in [0.717, 1.165) is 24.8 Å². The topological polar surface area (TPSA) is 69.6 Å². The van der Waals surface area contributed by atoms with Gasteiger partial charge >= 0.3 is 0 Å². The van der Waals surface area contributed by atoms with E-state index in [1.165, 1.54) is 76.2 Å². The molecule has 0 saturated carbocycles. The third kappa shape index (κ3) is 10.9. The van der Waals surface area contributed by atoms with Crippen molar-refractivity contribution in [2.45, 2.75) is 122 Å². The van der Waals surface area contributed by atoms with E-state index in [2.05, 4.69) is 12.2 Å². The van der Waals surface area contributed by atoms with E-state index in [4.69, 9.17) is 0 Å². The van der Waals surface area contributed by atoms with Crippen molar-refractivity contribution in [3.8, 4) is 0 Å². The summed E-state index contributed by atoms with van der Waals surface area (Å²) in [6.07, 6.45) is 17.2. The normalized spacial score (nSPS) is 15.7. The summed E-state index contributed by atoms with van der Waals surface area (Å²) in [7, 11) is 0. The molecule has 0 radical (unpaired) electrons. The summed E-state index contributed by atoms with van der Waals surface area (Å²) in [6, 6.07) is -0.561. The summed E-state index contributed by atoms with van der Waals surface area (Å²) in [5, 5.41) is 22.6. The first-order valence-electron chi connectivity index (χ1n) is 11.4. The van der Waals surface area contributed by atoms with Gasteiger partial charge in [0.1, 0.15) is 0 Å². The molecular weight excluding hydrogens is 338 g/mol. The fourth-order valence-corrected chi connectivity index (χ4v) is 3.72. The number of nitrogens with one attached hydrogen (secondary N) is 1. The molecule has 3 N–H and O–H groups in total. The van der Waals surface area contributed by atoms with Gasteiger partial charge in [-0.15, -0.1) is 0 Å². The van der Waals surface area contributed by atoms with Gasteiger partial charge in [0, 0.05) is 6.42 Å². The number of allylic oxidation sites excluding steroid dienone is 1. The van der Waals surface area contributed by atoms with Crippen molar-refractivity contribution in [2.75, 3.05) is 6.61 Å². The highest BCUT2D eigenvalue weighted by atomic mass is 16.3. The molecule has 2 atom stereocenters. The van der Waals surface area contributed by atoms with Gasteiger partial charge in [-0.25, -0.2) is 0 Å². The Labute approximate surface area is 166 Å². The summed E-state index contributed by atoms with van der Waals surface area (Å²) < 4.78 is 0. The number of aliphatic hydroxyl groups excluding tert-OH is 2. The standard InChI is InChI=1S/C23H43NO3/c1-3-5-6-7-8-9-10-11-12-13-14-16-19-17-20(19)23(27)21(18-25)24-22(26)15-4-2/h21,23,25,27H,3-18H2,1-2H3,(H,24,26)/t21-,23+/m0/s1. The molecule has 0 spiro atoms. The van der Waals surface area contributed by atoms with E-state index in [1.807, 2.05) is 6.92 Å². The highest BCUT2D eigenvalue weighted by Gasteiger charge is 2.33. The second-order valence-corrected chi connectivity index (χ2v) is 8.14. The van der Waals surface area contributed by atoms with E-state index in [1.54, 1.807) is 0 Å². The minimum absolute atomic E-state index is 0.0937. The highest BCUT2D eigenvalue weighted by molar-refractivity contribution is 5.76. The van der Waals surface area contributed by atoms with Crippen LogP contribution >= 0.6 is 0 Å². The van der Waals surface area contributed by atoms with Gasteiger partial charge in [-0.1, -0.05) is 83.6 Å². The molecule has 0 fully saturated rings. The molecule has 4 heteroatoms. The summed E-state index contributed by atoms with van der Waals surface area (Å²) in [6.45, 7) is 3.99. The Morgan fingerprint density at radius 2 is 1.48 bits per heavy atom. The van der Waals surface area contributed by atoms with Crippen molar-refractivity contribution < 1.29 is 15.0 Å². The van der Waals surface area contributed by atoms with Gasteiger partial charge in [-0.2, -0.15) is 0 Å². The maximum Gasteiger partial charge on any atom is 0.220 e. The van der Waals surface area contributed by atoms with Crippen molar-refractivity contribution in [2.24, 2.45) is 0 Å². The molecule has 0 heterocycles. The number of unbranched alkanes of at least 4 members (excludes halogenated alkanes) is 10. The van der Waals surface area contributed by atoms with Gasteiger partial charge in [-0.3, -0.25) is 4.79 Å². The van der Waals surface area contributed by atoms with Crippen LogP contribution in [0.4, 0.5) is 0 Å². The maximum absolute atomic E-state index is 11.7. The quantitative estimate of drug-likeness (QED) is 0.230. The lowest BCUT2D eigenvalue weighted by atomic mass is 10.0. The zero-order chi connectivity index (χ0) is 19.9. The first-order chi connectivity index (χ1) is 13.1. The van der Waals surface area contributed by atoms with Gasteiger partial charge in [0.05, 0.1) is 18.8 Å². The molecule has 1 rings (SSSR count). The molecule has 0 aromatic heterocycles. The molecule has 4 nitrogen and oxygen atoms in total. The van der Waals surface area contributed by atoms with Crippen LogP contribution in [-0.4, -0.2) is 34.9 Å². The lowest BCUT2D eigenvalue weighted by Crippen LogP contribution is -2.45. The molecule has 0 aromatic rings. The minimum atomic E-state index is -0.724. The highest BCUT2D eigenvalue weighted by Crippen LogP contribution is 2.38. The van der Waals surface area contributed by atoms with Crippen LogP contribution in [-0.2, 0) is 4.79 Å². The Balaban J connectivity index is 2.07. The van der Waals surface area contributed by atoms with Gasteiger partial charge in [0.15, 0.2) is 0 Å².